The van der Waals surface area contributed by atoms with E-state index in [1.165, 1.54) is 0 Å². The fourth-order valence-electron chi connectivity index (χ4n) is 4.18. The Morgan fingerprint density at radius 1 is 1.09 bits per heavy atom. The Balaban J connectivity index is 1.68. The molecular formula is C24H22ClN5OS. The van der Waals surface area contributed by atoms with E-state index in [4.69, 9.17) is 21.6 Å². The fraction of sp³-hybridized carbons (Fsp3) is 0.250. The highest BCUT2D eigenvalue weighted by molar-refractivity contribution is 7.96. The van der Waals surface area contributed by atoms with Crippen molar-refractivity contribution in [3.63, 3.8) is 0 Å². The predicted octanol–water partition coefficient (Wildman–Crippen LogP) is 5.09. The summed E-state index contributed by atoms with van der Waals surface area (Å²) in [6.45, 7) is 1.92. The zero-order valence-corrected chi connectivity index (χ0v) is 19.2. The lowest BCUT2D eigenvalue weighted by molar-refractivity contribution is 0.286. The molecule has 162 valence electrons. The first-order chi connectivity index (χ1) is 15.6. The summed E-state index contributed by atoms with van der Waals surface area (Å²) in [7, 11) is 0. The van der Waals surface area contributed by atoms with E-state index in [1.807, 2.05) is 42.5 Å². The third-order valence-corrected chi connectivity index (χ3v) is 7.05. The van der Waals surface area contributed by atoms with Crippen LogP contribution >= 0.6 is 23.5 Å². The molecule has 1 saturated heterocycles. The monoisotopic (exact) mass is 463 g/mol. The number of nitrogens with zero attached hydrogens (tertiary/aromatic N) is 5. The maximum atomic E-state index is 13.6. The van der Waals surface area contributed by atoms with Gasteiger partial charge in [-0.2, -0.15) is 0 Å². The Bertz CT molecular complexity index is 1300. The van der Waals surface area contributed by atoms with Crippen molar-refractivity contribution >= 4 is 34.5 Å². The van der Waals surface area contributed by atoms with E-state index < -0.39 is 0 Å². The summed E-state index contributed by atoms with van der Waals surface area (Å²) < 4.78 is 4.14. The van der Waals surface area contributed by atoms with Crippen LogP contribution in [0.15, 0.2) is 66.0 Å². The van der Waals surface area contributed by atoms with Crippen LogP contribution in [0.1, 0.15) is 18.9 Å². The molecule has 5 rings (SSSR count). The Hall–Kier alpha value is -2.74. The molecule has 0 amide bonds. The van der Waals surface area contributed by atoms with Crippen LogP contribution in [0.2, 0.25) is 5.02 Å². The molecule has 4 aromatic rings. The first-order valence-corrected chi connectivity index (χ1v) is 12.1. The topological polar surface area (TPSA) is 63.9 Å². The van der Waals surface area contributed by atoms with Crippen molar-refractivity contribution in [1.82, 2.24) is 23.8 Å². The van der Waals surface area contributed by atoms with E-state index >= 15 is 0 Å². The van der Waals surface area contributed by atoms with Crippen molar-refractivity contribution in [3.05, 3.63) is 76.6 Å². The second-order valence-electron chi connectivity index (χ2n) is 7.80. The molecule has 1 aliphatic rings. The zero-order valence-electron chi connectivity index (χ0n) is 17.6. The summed E-state index contributed by atoms with van der Waals surface area (Å²) in [5.74, 6) is 0. The second kappa shape index (κ2) is 9.02. The standard InChI is InChI=1S/C24H22ClN5OS/c1-32-29-11-8-19(9-12-29)30-15-27-23-20(24(30)31)13-21(16-4-6-18(25)7-5-16)28-22(23)17-3-2-10-26-14-17/h2-7,10,13-15,19H,8-9,11-12H2,1H3. The van der Waals surface area contributed by atoms with Crippen LogP contribution in [-0.2, 0) is 0 Å². The largest absolute Gasteiger partial charge is 0.296 e. The van der Waals surface area contributed by atoms with Gasteiger partial charge in [0, 0.05) is 47.7 Å². The minimum absolute atomic E-state index is 0.0274. The van der Waals surface area contributed by atoms with Crippen LogP contribution in [0.3, 0.4) is 0 Å². The molecule has 3 aromatic heterocycles. The lowest BCUT2D eigenvalue weighted by Gasteiger charge is -2.31. The van der Waals surface area contributed by atoms with Crippen molar-refractivity contribution in [2.24, 2.45) is 0 Å². The smallest absolute Gasteiger partial charge is 0.261 e. The zero-order chi connectivity index (χ0) is 22.1. The quantitative estimate of drug-likeness (QED) is 0.393. The molecule has 0 saturated carbocycles. The highest BCUT2D eigenvalue weighted by atomic mass is 35.5. The molecule has 8 heteroatoms. The summed E-state index contributed by atoms with van der Waals surface area (Å²) in [5, 5.41) is 1.22. The number of rotatable bonds is 4. The van der Waals surface area contributed by atoms with Crippen molar-refractivity contribution in [2.45, 2.75) is 18.9 Å². The van der Waals surface area contributed by atoms with Crippen LogP contribution in [0.4, 0.5) is 0 Å². The van der Waals surface area contributed by atoms with Gasteiger partial charge in [0.15, 0.2) is 0 Å². The van der Waals surface area contributed by atoms with Crippen molar-refractivity contribution in [2.75, 3.05) is 19.3 Å². The van der Waals surface area contributed by atoms with Gasteiger partial charge in [-0.15, -0.1) is 0 Å². The highest BCUT2D eigenvalue weighted by Crippen LogP contribution is 2.30. The molecule has 0 aliphatic carbocycles. The number of aromatic nitrogens is 4. The van der Waals surface area contributed by atoms with Crippen molar-refractivity contribution < 1.29 is 0 Å². The Kier molecular flexibility index (Phi) is 5.95. The second-order valence-corrected chi connectivity index (χ2v) is 9.12. The third kappa shape index (κ3) is 4.03. The van der Waals surface area contributed by atoms with Gasteiger partial charge in [0.1, 0.15) is 5.52 Å². The number of fused-ring (bicyclic) bond motifs is 1. The molecule has 4 heterocycles. The molecule has 0 radical (unpaired) electrons. The SMILES string of the molecule is CSN1CCC(n2cnc3c(-c4cccnc4)nc(-c4ccc(Cl)cc4)cc3c2=O)CC1. The maximum Gasteiger partial charge on any atom is 0.261 e. The first-order valence-electron chi connectivity index (χ1n) is 10.5. The van der Waals surface area contributed by atoms with E-state index in [9.17, 15) is 4.79 Å². The Labute approximate surface area is 195 Å². The molecule has 0 atom stereocenters. The number of halogens is 1. The summed E-state index contributed by atoms with van der Waals surface area (Å²) in [5.41, 5.74) is 3.65. The first kappa shape index (κ1) is 21.1. The summed E-state index contributed by atoms with van der Waals surface area (Å²) in [4.78, 5) is 27.5. The average molecular weight is 464 g/mol. The van der Waals surface area contributed by atoms with E-state index in [2.05, 4.69) is 15.5 Å². The van der Waals surface area contributed by atoms with Gasteiger partial charge in [0.25, 0.3) is 5.56 Å². The summed E-state index contributed by atoms with van der Waals surface area (Å²) >= 11 is 7.83. The molecule has 32 heavy (non-hydrogen) atoms. The van der Waals surface area contributed by atoms with E-state index in [-0.39, 0.29) is 11.6 Å². The Morgan fingerprint density at radius 2 is 1.88 bits per heavy atom. The average Bonchev–Trinajstić information content (AvgIpc) is 2.85. The molecule has 1 aromatic carbocycles. The maximum absolute atomic E-state index is 13.6. The molecule has 0 N–H and O–H groups in total. The summed E-state index contributed by atoms with van der Waals surface area (Å²) in [6, 6.07) is 13.3. The van der Waals surface area contributed by atoms with Crippen LogP contribution in [0.25, 0.3) is 33.4 Å². The van der Waals surface area contributed by atoms with Crippen LogP contribution in [0.5, 0.6) is 0 Å². The molecule has 0 spiro atoms. The van der Waals surface area contributed by atoms with Gasteiger partial charge in [0.05, 0.1) is 23.1 Å². The number of hydrogen-bond acceptors (Lipinski definition) is 6. The van der Waals surface area contributed by atoms with Gasteiger partial charge >= 0.3 is 0 Å². The number of hydrogen-bond donors (Lipinski definition) is 0. The van der Waals surface area contributed by atoms with E-state index in [0.29, 0.717) is 27.3 Å². The van der Waals surface area contributed by atoms with Crippen LogP contribution in [0, 0.1) is 0 Å². The van der Waals surface area contributed by atoms with Gasteiger partial charge in [-0.25, -0.2) is 9.97 Å². The lowest BCUT2D eigenvalue weighted by Crippen LogP contribution is -2.34. The van der Waals surface area contributed by atoms with E-state index in [1.54, 1.807) is 35.2 Å². The lowest BCUT2D eigenvalue weighted by atomic mass is 10.0. The van der Waals surface area contributed by atoms with Crippen LogP contribution < -0.4 is 5.56 Å². The Morgan fingerprint density at radius 3 is 2.56 bits per heavy atom. The highest BCUT2D eigenvalue weighted by Gasteiger charge is 2.23. The third-order valence-electron chi connectivity index (χ3n) is 5.92. The molecular weight excluding hydrogens is 442 g/mol. The van der Waals surface area contributed by atoms with Crippen LogP contribution in [-0.4, -0.2) is 43.2 Å². The number of piperidine rings is 1. The van der Waals surface area contributed by atoms with Gasteiger partial charge < -0.3 is 0 Å². The van der Waals surface area contributed by atoms with Crippen molar-refractivity contribution in [3.8, 4) is 22.5 Å². The van der Waals surface area contributed by atoms with Gasteiger partial charge in [-0.05, 0) is 49.4 Å². The molecule has 0 unspecified atom stereocenters. The summed E-state index contributed by atoms with van der Waals surface area (Å²) in [6.07, 6.45) is 9.11. The van der Waals surface area contributed by atoms with Gasteiger partial charge in [-0.1, -0.05) is 35.7 Å². The molecule has 1 fully saturated rings. The minimum Gasteiger partial charge on any atom is -0.296 e. The predicted molar refractivity (Wildman–Crippen MR) is 131 cm³/mol. The van der Waals surface area contributed by atoms with Gasteiger partial charge in [0.2, 0.25) is 0 Å². The van der Waals surface area contributed by atoms with Gasteiger partial charge in [-0.3, -0.25) is 18.7 Å². The number of pyridine rings is 2. The normalized spacial score (nSPS) is 15.3. The molecule has 6 nitrogen and oxygen atoms in total. The van der Waals surface area contributed by atoms with E-state index in [0.717, 1.165) is 37.1 Å². The fourth-order valence-corrected chi connectivity index (χ4v) is 4.88. The molecule has 0 bridgehead atoms. The number of benzene rings is 1. The van der Waals surface area contributed by atoms with Crippen molar-refractivity contribution in [1.29, 1.82) is 0 Å². The minimum atomic E-state index is -0.0274. The molecule has 1 aliphatic heterocycles.